The minimum Gasteiger partial charge on any atom is -0.493 e. The van der Waals surface area contributed by atoms with Crippen LogP contribution in [0.2, 0.25) is 0 Å². The van der Waals surface area contributed by atoms with Crippen molar-refractivity contribution in [2.75, 3.05) is 38.5 Å². The quantitative estimate of drug-likeness (QED) is 0.711. The Balaban J connectivity index is 1.94. The lowest BCUT2D eigenvalue weighted by molar-refractivity contribution is -0.127. The summed E-state index contributed by atoms with van der Waals surface area (Å²) < 4.78 is 33.6. The normalized spacial score (nSPS) is 18.8. The van der Waals surface area contributed by atoms with E-state index in [2.05, 4.69) is 0 Å². The van der Waals surface area contributed by atoms with Crippen LogP contribution in [0.3, 0.4) is 0 Å². The highest BCUT2D eigenvalue weighted by molar-refractivity contribution is 8.02. The van der Waals surface area contributed by atoms with Gasteiger partial charge in [-0.05, 0) is 36.6 Å². The zero-order valence-corrected chi connectivity index (χ0v) is 16.7. The molecule has 1 atom stereocenters. The van der Waals surface area contributed by atoms with Crippen LogP contribution in [-0.4, -0.2) is 63.0 Å². The van der Waals surface area contributed by atoms with Crippen molar-refractivity contribution in [3.63, 3.8) is 0 Å². The van der Waals surface area contributed by atoms with E-state index in [0.29, 0.717) is 30.2 Å². The van der Waals surface area contributed by atoms with Gasteiger partial charge in [0.15, 0.2) is 21.3 Å². The fourth-order valence-corrected chi connectivity index (χ4v) is 6.31. The molecule has 1 saturated heterocycles. The molecule has 2 rings (SSSR count). The molecule has 0 unspecified atom stereocenters. The minimum atomic E-state index is -2.90. The Hall–Kier alpha value is -1.41. The number of rotatable bonds is 7. The number of sulfone groups is 1. The van der Waals surface area contributed by atoms with E-state index in [-0.39, 0.29) is 22.7 Å². The fourth-order valence-electron chi connectivity index (χ4n) is 2.73. The van der Waals surface area contributed by atoms with E-state index in [1.165, 1.54) is 11.8 Å². The van der Waals surface area contributed by atoms with Gasteiger partial charge in [-0.1, -0.05) is 0 Å². The molecular weight excluding hydrogens is 362 g/mol. The molecule has 1 amide bonds. The second-order valence-electron chi connectivity index (χ2n) is 6.22. The summed E-state index contributed by atoms with van der Waals surface area (Å²) in [6, 6.07) is 3.78. The van der Waals surface area contributed by atoms with Gasteiger partial charge in [0.25, 0.3) is 0 Å². The van der Waals surface area contributed by atoms with Crippen LogP contribution in [0, 0.1) is 6.92 Å². The van der Waals surface area contributed by atoms with E-state index >= 15 is 0 Å². The summed E-state index contributed by atoms with van der Waals surface area (Å²) in [5.74, 6) is 2.00. The number of ether oxygens (including phenoxy) is 2. The molecule has 0 bridgehead atoms. The smallest absolute Gasteiger partial charge is 0.232 e. The van der Waals surface area contributed by atoms with Crippen molar-refractivity contribution in [1.82, 2.24) is 4.90 Å². The Kier molecular flexibility index (Phi) is 6.62. The summed E-state index contributed by atoms with van der Waals surface area (Å²) in [5.41, 5.74) is 2.01. The first-order chi connectivity index (χ1) is 11.8. The number of thioether (sulfide) groups is 1. The molecule has 1 heterocycles. The molecule has 140 valence electrons. The molecule has 6 nitrogen and oxygen atoms in total. The van der Waals surface area contributed by atoms with Gasteiger partial charge in [0.05, 0.1) is 31.5 Å². The molecular formula is C17H25NO5S2. The van der Waals surface area contributed by atoms with Gasteiger partial charge in [0, 0.05) is 18.8 Å². The SMILES string of the molecule is COc1cc(C)c(CN(C)C(=O)CS[C@@H]2CCS(=O)(=O)C2)cc1OC. The van der Waals surface area contributed by atoms with Gasteiger partial charge < -0.3 is 14.4 Å². The Morgan fingerprint density at radius 2 is 1.92 bits per heavy atom. The van der Waals surface area contributed by atoms with Crippen molar-refractivity contribution in [2.45, 2.75) is 25.1 Å². The topological polar surface area (TPSA) is 72.9 Å². The summed E-state index contributed by atoms with van der Waals surface area (Å²) in [4.78, 5) is 14.0. The summed E-state index contributed by atoms with van der Waals surface area (Å²) in [7, 11) is 2.02. The molecule has 0 aromatic heterocycles. The molecule has 0 aliphatic carbocycles. The van der Waals surface area contributed by atoms with Crippen molar-refractivity contribution >= 4 is 27.5 Å². The van der Waals surface area contributed by atoms with Crippen LogP contribution in [0.15, 0.2) is 12.1 Å². The maximum absolute atomic E-state index is 12.4. The number of hydrogen-bond donors (Lipinski definition) is 0. The van der Waals surface area contributed by atoms with Crippen LogP contribution >= 0.6 is 11.8 Å². The summed E-state index contributed by atoms with van der Waals surface area (Å²) in [6.07, 6.45) is 0.638. The molecule has 0 radical (unpaired) electrons. The molecule has 0 spiro atoms. The highest BCUT2D eigenvalue weighted by atomic mass is 32.2. The predicted molar refractivity (Wildman–Crippen MR) is 100 cm³/mol. The molecule has 1 aromatic rings. The van der Waals surface area contributed by atoms with Gasteiger partial charge in [-0.15, -0.1) is 11.8 Å². The largest absolute Gasteiger partial charge is 0.493 e. The van der Waals surface area contributed by atoms with E-state index in [0.717, 1.165) is 11.1 Å². The molecule has 1 aromatic carbocycles. The Morgan fingerprint density at radius 1 is 1.28 bits per heavy atom. The van der Waals surface area contributed by atoms with Crippen LogP contribution in [0.5, 0.6) is 11.5 Å². The second-order valence-corrected chi connectivity index (χ2v) is 9.74. The van der Waals surface area contributed by atoms with E-state index in [1.54, 1.807) is 26.2 Å². The molecule has 8 heteroatoms. The van der Waals surface area contributed by atoms with Crippen molar-refractivity contribution in [1.29, 1.82) is 0 Å². The number of aryl methyl sites for hydroxylation is 1. The lowest BCUT2D eigenvalue weighted by Gasteiger charge is -2.20. The monoisotopic (exact) mass is 387 g/mol. The average Bonchev–Trinajstić information content (AvgIpc) is 2.92. The number of benzene rings is 1. The molecule has 1 aliphatic rings. The Labute approximate surface area is 153 Å². The van der Waals surface area contributed by atoms with Crippen LogP contribution in [0.1, 0.15) is 17.5 Å². The molecule has 25 heavy (non-hydrogen) atoms. The van der Waals surface area contributed by atoms with Crippen molar-refractivity contribution in [2.24, 2.45) is 0 Å². The molecule has 1 aliphatic heterocycles. The molecule has 0 saturated carbocycles. The third-order valence-electron chi connectivity index (χ3n) is 4.31. The second kappa shape index (κ2) is 8.31. The number of carbonyl (C=O) groups excluding carboxylic acids is 1. The zero-order valence-electron chi connectivity index (χ0n) is 15.1. The lowest BCUT2D eigenvalue weighted by atomic mass is 10.1. The third kappa shape index (κ3) is 5.28. The van der Waals surface area contributed by atoms with Gasteiger partial charge >= 0.3 is 0 Å². The van der Waals surface area contributed by atoms with Crippen LogP contribution in [-0.2, 0) is 21.2 Å². The van der Waals surface area contributed by atoms with Gasteiger partial charge in [0.1, 0.15) is 0 Å². The first-order valence-electron chi connectivity index (χ1n) is 8.03. The summed E-state index contributed by atoms with van der Waals surface area (Å²) in [5, 5.41) is 0.0326. The first kappa shape index (κ1) is 19.9. The number of methoxy groups -OCH3 is 2. The average molecular weight is 388 g/mol. The van der Waals surface area contributed by atoms with Gasteiger partial charge in [-0.25, -0.2) is 8.42 Å². The highest BCUT2D eigenvalue weighted by Gasteiger charge is 2.28. The summed E-state index contributed by atoms with van der Waals surface area (Å²) in [6.45, 7) is 2.43. The lowest BCUT2D eigenvalue weighted by Crippen LogP contribution is -2.29. The maximum Gasteiger partial charge on any atom is 0.232 e. The van der Waals surface area contributed by atoms with E-state index < -0.39 is 9.84 Å². The standard InChI is InChI=1S/C17H25NO5S2/c1-12-7-15(22-3)16(23-4)8-13(12)9-18(2)17(19)10-24-14-5-6-25(20,21)11-14/h7-8,14H,5-6,9-11H2,1-4H3/t14-/m1/s1. The van der Waals surface area contributed by atoms with Crippen LogP contribution in [0.4, 0.5) is 0 Å². The maximum atomic E-state index is 12.4. The number of nitrogens with zero attached hydrogens (tertiary/aromatic N) is 1. The molecule has 1 fully saturated rings. The number of amides is 1. The number of hydrogen-bond acceptors (Lipinski definition) is 6. The highest BCUT2D eigenvalue weighted by Crippen LogP contribution is 2.31. The molecule has 0 N–H and O–H groups in total. The zero-order chi connectivity index (χ0) is 18.6. The van der Waals surface area contributed by atoms with E-state index in [1.807, 2.05) is 19.1 Å². The fraction of sp³-hybridized carbons (Fsp3) is 0.588. The predicted octanol–water partition coefficient (Wildman–Crippen LogP) is 1.89. The Morgan fingerprint density at radius 3 is 2.48 bits per heavy atom. The van der Waals surface area contributed by atoms with Crippen LogP contribution in [0.25, 0.3) is 0 Å². The van der Waals surface area contributed by atoms with Gasteiger partial charge in [-0.3, -0.25) is 4.79 Å². The third-order valence-corrected chi connectivity index (χ3v) is 7.57. The van der Waals surface area contributed by atoms with Gasteiger partial charge in [-0.2, -0.15) is 0 Å². The number of carbonyl (C=O) groups is 1. The van der Waals surface area contributed by atoms with Crippen LogP contribution < -0.4 is 9.47 Å². The Bertz CT molecular complexity index is 733. The van der Waals surface area contributed by atoms with Gasteiger partial charge in [0.2, 0.25) is 5.91 Å². The van der Waals surface area contributed by atoms with E-state index in [4.69, 9.17) is 9.47 Å². The van der Waals surface area contributed by atoms with E-state index in [9.17, 15) is 13.2 Å². The summed E-state index contributed by atoms with van der Waals surface area (Å²) >= 11 is 1.44. The van der Waals surface area contributed by atoms with Crippen molar-refractivity contribution in [3.8, 4) is 11.5 Å². The van der Waals surface area contributed by atoms with Crippen molar-refractivity contribution in [3.05, 3.63) is 23.3 Å². The minimum absolute atomic E-state index is 0.0107. The first-order valence-corrected chi connectivity index (χ1v) is 10.9. The van der Waals surface area contributed by atoms with Crippen molar-refractivity contribution < 1.29 is 22.7 Å².